The van der Waals surface area contributed by atoms with Gasteiger partial charge in [0.15, 0.2) is 11.6 Å². The summed E-state index contributed by atoms with van der Waals surface area (Å²) in [5.74, 6) is -0.795. The van der Waals surface area contributed by atoms with Crippen molar-refractivity contribution in [3.8, 4) is 0 Å². The summed E-state index contributed by atoms with van der Waals surface area (Å²) < 4.78 is 33.0. The molecule has 1 amide bonds. The van der Waals surface area contributed by atoms with E-state index in [9.17, 15) is 23.2 Å². The number of carbonyl (C=O) groups is 3. The van der Waals surface area contributed by atoms with Gasteiger partial charge in [-0.05, 0) is 108 Å². The quantitative estimate of drug-likeness (QED) is 0.122. The van der Waals surface area contributed by atoms with Gasteiger partial charge in [0, 0.05) is 25.2 Å². The Morgan fingerprint density at radius 3 is 1.54 bits per heavy atom. The minimum absolute atomic E-state index is 0. The number of benzene rings is 2. The van der Waals surface area contributed by atoms with Crippen molar-refractivity contribution in [2.75, 3.05) is 48.3 Å². The fourth-order valence-electron chi connectivity index (χ4n) is 5.99. The molecule has 2 aromatic carbocycles. The molecule has 0 aliphatic carbocycles. The van der Waals surface area contributed by atoms with Crippen LogP contribution in [0.3, 0.4) is 0 Å². The zero-order valence-electron chi connectivity index (χ0n) is 30.1. The van der Waals surface area contributed by atoms with Crippen LogP contribution >= 0.6 is 0 Å². The van der Waals surface area contributed by atoms with E-state index in [1.54, 1.807) is 47.4 Å². The molecular weight excluding hydrogens is 694 g/mol. The third-order valence-electron chi connectivity index (χ3n) is 8.77. The number of anilines is 4. The molecule has 2 aromatic heterocycles. The third kappa shape index (κ3) is 10.9. The third-order valence-corrected chi connectivity index (χ3v) is 8.77. The molecule has 4 aromatic rings. The van der Waals surface area contributed by atoms with Gasteiger partial charge < -0.3 is 37.1 Å². The van der Waals surface area contributed by atoms with E-state index >= 15 is 0 Å². The van der Waals surface area contributed by atoms with Crippen LogP contribution < -0.4 is 27.4 Å². The Kier molecular flexibility index (Phi) is 14.0. The second-order valence-electron chi connectivity index (χ2n) is 13.9. The number of hydrogen-bond acceptors (Lipinski definition) is 11. The van der Waals surface area contributed by atoms with Crippen molar-refractivity contribution in [3.05, 3.63) is 107 Å². The fraction of sp³-hybridized carbons (Fsp3) is 0.375. The topological polar surface area (TPSA) is 178 Å². The van der Waals surface area contributed by atoms with Crippen LogP contribution in [0.15, 0.2) is 72.8 Å². The van der Waals surface area contributed by atoms with Crippen molar-refractivity contribution in [1.82, 2.24) is 20.2 Å². The number of pyridine rings is 2. The van der Waals surface area contributed by atoms with Gasteiger partial charge in [0.05, 0.1) is 22.3 Å². The Bertz CT molecular complexity index is 1920. The molecular formula is C40H50F2N8O4. The van der Waals surface area contributed by atoms with E-state index in [-0.39, 0.29) is 53.5 Å². The number of ketones is 2. The molecule has 0 spiro atoms. The van der Waals surface area contributed by atoms with Gasteiger partial charge in [-0.3, -0.25) is 9.59 Å². The standard InChI is InChI=1S/C22H27FN4O3.C17H19FN4O.CH4/c1-22(2,3)30-21(29)27-12-10-14(11-13-27)25-18-9-8-16(20(24)26-18)19(28)15-6-4-5-7-17(15)23;18-14-4-2-1-3-12(14)16(23)13-5-6-15(22-17(13)19)21-11-7-9-20-10-8-11;/h4-9,14H,10-13H2,1-3H3,(H3,24,25,26);1-6,11,20H,7-10H2,(H3,19,21,22);1H4. The van der Waals surface area contributed by atoms with Crippen LogP contribution in [0.4, 0.5) is 36.8 Å². The molecule has 6 rings (SSSR count). The predicted molar refractivity (Wildman–Crippen MR) is 208 cm³/mol. The van der Waals surface area contributed by atoms with E-state index in [1.165, 1.54) is 30.3 Å². The molecule has 12 nitrogen and oxygen atoms in total. The highest BCUT2D eigenvalue weighted by molar-refractivity contribution is 6.12. The van der Waals surface area contributed by atoms with Gasteiger partial charge in [-0.1, -0.05) is 31.7 Å². The highest BCUT2D eigenvalue weighted by atomic mass is 19.1. The molecule has 0 unspecified atom stereocenters. The fourth-order valence-corrected chi connectivity index (χ4v) is 5.99. The van der Waals surface area contributed by atoms with Gasteiger partial charge in [-0.15, -0.1) is 0 Å². The molecule has 0 saturated carbocycles. The minimum Gasteiger partial charge on any atom is -0.444 e. The maximum atomic E-state index is 13.9. The number of aromatic nitrogens is 2. The first kappa shape index (κ1) is 41.1. The van der Waals surface area contributed by atoms with Crippen LogP contribution in [-0.2, 0) is 4.74 Å². The molecule has 54 heavy (non-hydrogen) atoms. The van der Waals surface area contributed by atoms with Gasteiger partial charge in [-0.25, -0.2) is 23.5 Å². The van der Waals surface area contributed by atoms with Crippen molar-refractivity contribution in [2.24, 2.45) is 0 Å². The van der Waals surface area contributed by atoms with Crippen LogP contribution in [0.2, 0.25) is 0 Å². The summed E-state index contributed by atoms with van der Waals surface area (Å²) in [6.07, 6.45) is 3.18. The van der Waals surface area contributed by atoms with Gasteiger partial charge >= 0.3 is 6.09 Å². The SMILES string of the molecule is C.CC(C)(C)OC(=O)N1CCC(Nc2ccc(C(=O)c3ccccc3F)c(N)n2)CC1.Nc1nc(NC2CCNCC2)ccc1C(=O)c1ccccc1F. The van der Waals surface area contributed by atoms with Gasteiger partial charge in [0.2, 0.25) is 0 Å². The summed E-state index contributed by atoms with van der Waals surface area (Å²) in [5.41, 5.74) is 11.7. The minimum atomic E-state index is -0.596. The number of nitrogens with two attached hydrogens (primary N) is 2. The molecule has 2 aliphatic rings. The Labute approximate surface area is 315 Å². The number of ether oxygens (including phenoxy) is 1. The lowest BCUT2D eigenvalue weighted by Crippen LogP contribution is -2.44. The van der Waals surface area contributed by atoms with Crippen LogP contribution in [-0.4, -0.2) is 76.4 Å². The summed E-state index contributed by atoms with van der Waals surface area (Å²) >= 11 is 0. The smallest absolute Gasteiger partial charge is 0.410 e. The summed E-state index contributed by atoms with van der Waals surface area (Å²) in [7, 11) is 0. The van der Waals surface area contributed by atoms with Crippen molar-refractivity contribution < 1.29 is 27.9 Å². The lowest BCUT2D eigenvalue weighted by molar-refractivity contribution is 0.0210. The lowest BCUT2D eigenvalue weighted by atomic mass is 10.0. The van der Waals surface area contributed by atoms with Gasteiger partial charge in [0.25, 0.3) is 0 Å². The predicted octanol–water partition coefficient (Wildman–Crippen LogP) is 6.68. The number of nitrogens with one attached hydrogen (secondary N) is 3. The van der Waals surface area contributed by atoms with E-state index < -0.39 is 28.8 Å². The van der Waals surface area contributed by atoms with E-state index in [0.29, 0.717) is 30.8 Å². The first-order valence-electron chi connectivity index (χ1n) is 17.6. The second-order valence-corrected chi connectivity index (χ2v) is 13.9. The molecule has 2 saturated heterocycles. The Morgan fingerprint density at radius 1 is 0.704 bits per heavy atom. The average Bonchev–Trinajstić information content (AvgIpc) is 3.12. The van der Waals surface area contributed by atoms with Crippen molar-refractivity contribution >= 4 is 40.9 Å². The molecule has 0 bridgehead atoms. The van der Waals surface area contributed by atoms with Crippen LogP contribution in [0.1, 0.15) is 85.7 Å². The first-order valence-corrected chi connectivity index (χ1v) is 17.6. The number of nitrogens with zero attached hydrogens (tertiary/aromatic N) is 3. The van der Waals surface area contributed by atoms with Crippen molar-refractivity contribution in [1.29, 1.82) is 0 Å². The number of halogens is 2. The normalized spacial score (nSPS) is 14.9. The molecule has 2 aliphatic heterocycles. The molecule has 14 heteroatoms. The zero-order chi connectivity index (χ0) is 38.1. The summed E-state index contributed by atoms with van der Waals surface area (Å²) in [4.78, 5) is 47.3. The van der Waals surface area contributed by atoms with Crippen molar-refractivity contribution in [3.63, 3.8) is 0 Å². The monoisotopic (exact) mass is 744 g/mol. The summed E-state index contributed by atoms with van der Waals surface area (Å²) in [6, 6.07) is 18.6. The number of nitrogen functional groups attached to an aromatic ring is 2. The molecule has 0 atom stereocenters. The Balaban J connectivity index is 0.000000244. The maximum absolute atomic E-state index is 13.9. The molecule has 288 valence electrons. The van der Waals surface area contributed by atoms with E-state index in [4.69, 9.17) is 16.2 Å². The molecule has 7 N–H and O–H groups in total. The zero-order valence-corrected chi connectivity index (χ0v) is 30.1. The summed E-state index contributed by atoms with van der Waals surface area (Å²) in [6.45, 7) is 8.62. The number of amides is 1. The van der Waals surface area contributed by atoms with E-state index in [1.807, 2.05) is 20.8 Å². The summed E-state index contributed by atoms with van der Waals surface area (Å²) in [5, 5.41) is 9.91. The number of likely N-dealkylation sites (tertiary alicyclic amines) is 1. The van der Waals surface area contributed by atoms with Crippen molar-refractivity contribution in [2.45, 2.75) is 71.6 Å². The maximum Gasteiger partial charge on any atom is 0.410 e. The van der Waals surface area contributed by atoms with Gasteiger partial charge in [0.1, 0.15) is 40.5 Å². The Hall–Kier alpha value is -5.63. The number of rotatable bonds is 8. The van der Waals surface area contributed by atoms with Crippen LogP contribution in [0, 0.1) is 11.6 Å². The van der Waals surface area contributed by atoms with E-state index in [0.717, 1.165) is 38.8 Å². The molecule has 0 radical (unpaired) electrons. The lowest BCUT2D eigenvalue weighted by Gasteiger charge is -2.33. The molecule has 2 fully saturated rings. The first-order chi connectivity index (χ1) is 25.3. The van der Waals surface area contributed by atoms with Crippen LogP contribution in [0.5, 0.6) is 0 Å². The number of carbonyl (C=O) groups excluding carboxylic acids is 3. The highest BCUT2D eigenvalue weighted by Crippen LogP contribution is 2.23. The average molecular weight is 745 g/mol. The number of piperidine rings is 2. The van der Waals surface area contributed by atoms with Gasteiger partial charge in [-0.2, -0.15) is 0 Å². The van der Waals surface area contributed by atoms with Crippen LogP contribution in [0.25, 0.3) is 0 Å². The largest absolute Gasteiger partial charge is 0.444 e. The second kappa shape index (κ2) is 18.4. The van der Waals surface area contributed by atoms with E-state index in [2.05, 4.69) is 25.9 Å². The molecule has 4 heterocycles. The number of hydrogen-bond donors (Lipinski definition) is 5. The Morgan fingerprint density at radius 2 is 1.13 bits per heavy atom. The highest BCUT2D eigenvalue weighted by Gasteiger charge is 2.27.